The van der Waals surface area contributed by atoms with Crippen molar-refractivity contribution in [3.63, 3.8) is 0 Å². The summed E-state index contributed by atoms with van der Waals surface area (Å²) in [6, 6.07) is 33.4. The standard InChI is InChI=1S/C33H33N5O4S2/c1-3-37(4-2)44(40,41)30-17-11-14-26(22-30)32-35-36-33(38(32)28-15-9-6-10-16-28)43-24-31(39)34-27-18-20-29(21-19-27)42-23-25-12-7-5-8-13-25/h5-22H,3-4,23-24H2,1-2H3,(H,34,39). The highest BCUT2D eigenvalue weighted by molar-refractivity contribution is 7.99. The minimum absolute atomic E-state index is 0.0909. The molecule has 4 aromatic carbocycles. The number of aromatic nitrogens is 3. The van der Waals surface area contributed by atoms with E-state index < -0.39 is 10.0 Å². The molecule has 11 heteroatoms. The molecule has 44 heavy (non-hydrogen) atoms. The molecule has 0 spiro atoms. The Kier molecular flexibility index (Phi) is 10.1. The summed E-state index contributed by atoms with van der Waals surface area (Å²) in [5.41, 5.74) is 3.11. The second-order valence-corrected chi connectivity index (χ2v) is 12.6. The number of anilines is 1. The van der Waals surface area contributed by atoms with Crippen LogP contribution in [0.15, 0.2) is 119 Å². The Morgan fingerprint density at radius 2 is 1.55 bits per heavy atom. The Morgan fingerprint density at radius 3 is 2.23 bits per heavy atom. The Balaban J connectivity index is 1.31. The van der Waals surface area contributed by atoms with E-state index in [1.54, 1.807) is 36.4 Å². The lowest BCUT2D eigenvalue weighted by Gasteiger charge is -2.19. The molecule has 1 aromatic heterocycles. The number of hydrogen-bond donors (Lipinski definition) is 1. The average molecular weight is 628 g/mol. The van der Waals surface area contributed by atoms with Gasteiger partial charge in [-0.1, -0.05) is 86.3 Å². The summed E-state index contributed by atoms with van der Waals surface area (Å²) in [5.74, 6) is 1.07. The van der Waals surface area contributed by atoms with E-state index in [-0.39, 0.29) is 16.6 Å². The molecular formula is C33H33N5O4S2. The van der Waals surface area contributed by atoms with Crippen LogP contribution in [0.1, 0.15) is 19.4 Å². The lowest BCUT2D eigenvalue weighted by atomic mass is 10.2. The molecule has 1 N–H and O–H groups in total. The molecule has 0 aliphatic carbocycles. The third-order valence-corrected chi connectivity index (χ3v) is 9.78. The summed E-state index contributed by atoms with van der Waals surface area (Å²) < 4.78 is 35.5. The number of thioether (sulfide) groups is 1. The molecular weight excluding hydrogens is 595 g/mol. The van der Waals surface area contributed by atoms with Crippen molar-refractivity contribution in [1.82, 2.24) is 19.1 Å². The fourth-order valence-corrected chi connectivity index (χ4v) is 6.83. The Bertz CT molecular complexity index is 1790. The zero-order chi connectivity index (χ0) is 30.9. The summed E-state index contributed by atoms with van der Waals surface area (Å²) in [5, 5.41) is 12.2. The molecule has 1 amide bonds. The number of para-hydroxylation sites is 1. The lowest BCUT2D eigenvalue weighted by molar-refractivity contribution is -0.113. The second-order valence-electron chi connectivity index (χ2n) is 9.73. The number of ether oxygens (including phenoxy) is 1. The molecule has 0 unspecified atom stereocenters. The van der Waals surface area contributed by atoms with E-state index in [9.17, 15) is 13.2 Å². The molecule has 0 saturated heterocycles. The Labute approximate surface area is 262 Å². The maximum atomic E-state index is 13.2. The minimum Gasteiger partial charge on any atom is -0.489 e. The van der Waals surface area contributed by atoms with Crippen LogP contribution in [0.25, 0.3) is 17.1 Å². The summed E-state index contributed by atoms with van der Waals surface area (Å²) >= 11 is 1.24. The zero-order valence-electron chi connectivity index (χ0n) is 24.5. The first-order valence-electron chi connectivity index (χ1n) is 14.2. The van der Waals surface area contributed by atoms with Gasteiger partial charge in [0.25, 0.3) is 0 Å². The average Bonchev–Trinajstić information content (AvgIpc) is 3.49. The van der Waals surface area contributed by atoms with Crippen molar-refractivity contribution < 1.29 is 17.9 Å². The number of carbonyl (C=O) groups is 1. The smallest absolute Gasteiger partial charge is 0.243 e. The Hall–Kier alpha value is -4.45. The minimum atomic E-state index is -3.66. The van der Waals surface area contributed by atoms with Gasteiger partial charge in [-0.2, -0.15) is 4.31 Å². The molecule has 226 valence electrons. The van der Waals surface area contributed by atoms with Gasteiger partial charge < -0.3 is 10.1 Å². The first-order valence-corrected chi connectivity index (χ1v) is 16.6. The van der Waals surface area contributed by atoms with Crippen molar-refractivity contribution in [2.45, 2.75) is 30.5 Å². The van der Waals surface area contributed by atoms with Crippen molar-refractivity contribution in [2.24, 2.45) is 0 Å². The van der Waals surface area contributed by atoms with Gasteiger partial charge in [0, 0.05) is 30.0 Å². The highest BCUT2D eigenvalue weighted by atomic mass is 32.2. The number of hydrogen-bond acceptors (Lipinski definition) is 7. The summed E-state index contributed by atoms with van der Waals surface area (Å²) in [4.78, 5) is 13.1. The summed E-state index contributed by atoms with van der Waals surface area (Å²) in [6.45, 7) is 4.83. The summed E-state index contributed by atoms with van der Waals surface area (Å²) in [7, 11) is -3.66. The van der Waals surface area contributed by atoms with Crippen LogP contribution >= 0.6 is 11.8 Å². The maximum absolute atomic E-state index is 13.2. The number of rotatable bonds is 13. The second kappa shape index (κ2) is 14.3. The van der Waals surface area contributed by atoms with Gasteiger partial charge in [-0.3, -0.25) is 9.36 Å². The van der Waals surface area contributed by atoms with E-state index in [0.717, 1.165) is 11.3 Å². The van der Waals surface area contributed by atoms with Crippen molar-refractivity contribution in [3.8, 4) is 22.8 Å². The number of nitrogens with zero attached hydrogens (tertiary/aromatic N) is 4. The molecule has 0 aliphatic rings. The largest absolute Gasteiger partial charge is 0.489 e. The fraction of sp³-hybridized carbons (Fsp3) is 0.182. The monoisotopic (exact) mass is 627 g/mol. The number of carbonyl (C=O) groups excluding carboxylic acids is 1. The first kappa shape index (κ1) is 31.0. The number of amides is 1. The van der Waals surface area contributed by atoms with Gasteiger partial charge in [0.1, 0.15) is 12.4 Å². The SMILES string of the molecule is CCN(CC)S(=O)(=O)c1cccc(-c2nnc(SCC(=O)Nc3ccc(OCc4ccccc4)cc3)n2-c2ccccc2)c1. The van der Waals surface area contributed by atoms with Gasteiger partial charge in [0.15, 0.2) is 11.0 Å². The fourth-order valence-electron chi connectivity index (χ4n) is 4.57. The van der Waals surface area contributed by atoms with Crippen LogP contribution in [0.2, 0.25) is 0 Å². The quantitative estimate of drug-likeness (QED) is 0.153. The maximum Gasteiger partial charge on any atom is 0.243 e. The van der Waals surface area contributed by atoms with Gasteiger partial charge in [-0.05, 0) is 54.1 Å². The summed E-state index contributed by atoms with van der Waals surface area (Å²) in [6.07, 6.45) is 0. The van der Waals surface area contributed by atoms with E-state index in [0.29, 0.717) is 47.7 Å². The molecule has 0 saturated carbocycles. The van der Waals surface area contributed by atoms with Gasteiger partial charge in [0.05, 0.1) is 10.6 Å². The zero-order valence-corrected chi connectivity index (χ0v) is 26.1. The van der Waals surface area contributed by atoms with Gasteiger partial charge in [-0.15, -0.1) is 10.2 Å². The molecule has 0 radical (unpaired) electrons. The van der Waals surface area contributed by atoms with Crippen LogP contribution in [0.4, 0.5) is 5.69 Å². The molecule has 0 aliphatic heterocycles. The van der Waals surface area contributed by atoms with Crippen molar-refractivity contribution in [2.75, 3.05) is 24.2 Å². The topological polar surface area (TPSA) is 106 Å². The highest BCUT2D eigenvalue weighted by Crippen LogP contribution is 2.30. The third-order valence-electron chi connectivity index (χ3n) is 6.80. The predicted molar refractivity (Wildman–Crippen MR) is 173 cm³/mol. The first-order chi connectivity index (χ1) is 21.4. The van der Waals surface area contributed by atoms with E-state index in [4.69, 9.17) is 4.74 Å². The van der Waals surface area contributed by atoms with Crippen LogP contribution in [0, 0.1) is 0 Å². The molecule has 0 fully saturated rings. The van der Waals surface area contributed by atoms with Crippen molar-refractivity contribution in [1.29, 1.82) is 0 Å². The van der Waals surface area contributed by atoms with Crippen LogP contribution in [0.5, 0.6) is 5.75 Å². The van der Waals surface area contributed by atoms with E-state index in [1.807, 2.05) is 91.2 Å². The number of nitrogens with one attached hydrogen (secondary N) is 1. The van der Waals surface area contributed by atoms with Gasteiger partial charge in [-0.25, -0.2) is 8.42 Å². The van der Waals surface area contributed by atoms with E-state index in [2.05, 4.69) is 15.5 Å². The molecule has 5 rings (SSSR count). The van der Waals surface area contributed by atoms with E-state index in [1.165, 1.54) is 16.1 Å². The van der Waals surface area contributed by atoms with Crippen molar-refractivity contribution in [3.05, 3.63) is 115 Å². The normalized spacial score (nSPS) is 11.4. The number of sulfonamides is 1. The van der Waals surface area contributed by atoms with Crippen LogP contribution in [0.3, 0.4) is 0 Å². The third kappa shape index (κ3) is 7.36. The molecule has 0 bridgehead atoms. The predicted octanol–water partition coefficient (Wildman–Crippen LogP) is 6.27. The van der Waals surface area contributed by atoms with Crippen LogP contribution in [-0.2, 0) is 21.4 Å². The molecule has 9 nitrogen and oxygen atoms in total. The van der Waals surface area contributed by atoms with Crippen molar-refractivity contribution >= 4 is 33.4 Å². The molecule has 0 atom stereocenters. The van der Waals surface area contributed by atoms with Crippen LogP contribution in [-0.4, -0.2) is 52.2 Å². The lowest BCUT2D eigenvalue weighted by Crippen LogP contribution is -2.30. The van der Waals surface area contributed by atoms with Gasteiger partial charge in [0.2, 0.25) is 15.9 Å². The number of benzene rings is 4. The van der Waals surface area contributed by atoms with Gasteiger partial charge >= 0.3 is 0 Å². The van der Waals surface area contributed by atoms with E-state index >= 15 is 0 Å². The molecule has 1 heterocycles. The highest BCUT2D eigenvalue weighted by Gasteiger charge is 2.24. The molecule has 5 aromatic rings. The Morgan fingerprint density at radius 1 is 0.864 bits per heavy atom. The van der Waals surface area contributed by atoms with Crippen LogP contribution < -0.4 is 10.1 Å².